The fraction of sp³-hybridized carbons (Fsp3) is 0.529. The van der Waals surface area contributed by atoms with Crippen LogP contribution in [0.25, 0.3) is 0 Å². The summed E-state index contributed by atoms with van der Waals surface area (Å²) in [6.07, 6.45) is -0.0276. The summed E-state index contributed by atoms with van der Waals surface area (Å²) >= 11 is 5.11. The molecule has 1 unspecified atom stereocenters. The van der Waals surface area contributed by atoms with Gasteiger partial charge in [-0.2, -0.15) is 0 Å². The normalized spacial score (nSPS) is 20.6. The lowest BCUT2D eigenvalue weighted by atomic mass is 10.2. The summed E-state index contributed by atoms with van der Waals surface area (Å²) < 4.78 is 25.1. The molecule has 1 atom stereocenters. The minimum absolute atomic E-state index is 0.306. The molecule has 2 saturated heterocycles. The molecule has 2 aliphatic rings. The summed E-state index contributed by atoms with van der Waals surface area (Å²) in [5.41, 5.74) is 1.03. The maximum Gasteiger partial charge on any atom is 0.414 e. The molecular weight excluding hydrogens is 345 g/mol. The molecule has 0 aliphatic carbocycles. The van der Waals surface area contributed by atoms with Crippen molar-refractivity contribution < 1.29 is 18.7 Å². The van der Waals surface area contributed by atoms with Crippen LogP contribution < -0.4 is 15.1 Å². The van der Waals surface area contributed by atoms with Gasteiger partial charge in [-0.1, -0.05) is 19.1 Å². The van der Waals surface area contributed by atoms with Crippen molar-refractivity contribution in [3.63, 3.8) is 0 Å². The van der Waals surface area contributed by atoms with Gasteiger partial charge in [0.25, 0.3) is 0 Å². The van der Waals surface area contributed by atoms with Crippen LogP contribution in [0, 0.1) is 5.82 Å². The largest absolute Gasteiger partial charge is 0.442 e. The van der Waals surface area contributed by atoms with Gasteiger partial charge >= 0.3 is 6.09 Å². The smallest absolute Gasteiger partial charge is 0.414 e. The first kappa shape index (κ1) is 17.9. The Hall–Kier alpha value is -1.93. The fourth-order valence-electron chi connectivity index (χ4n) is 2.92. The number of carbonyl (C=O) groups excluding carboxylic acids is 1. The molecule has 1 N–H and O–H groups in total. The second-order valence-electron chi connectivity index (χ2n) is 6.01. The highest BCUT2D eigenvalue weighted by molar-refractivity contribution is 7.80. The van der Waals surface area contributed by atoms with Gasteiger partial charge in [0.15, 0.2) is 0 Å². The highest BCUT2D eigenvalue weighted by atomic mass is 32.1. The number of anilines is 2. The van der Waals surface area contributed by atoms with Crippen LogP contribution in [0.4, 0.5) is 20.6 Å². The molecule has 2 fully saturated rings. The van der Waals surface area contributed by atoms with Gasteiger partial charge in [0, 0.05) is 13.1 Å². The summed E-state index contributed by atoms with van der Waals surface area (Å²) in [5.74, 6) is -0.346. The number of hydrogen-bond acceptors (Lipinski definition) is 5. The van der Waals surface area contributed by atoms with E-state index in [9.17, 15) is 9.18 Å². The number of amides is 1. The van der Waals surface area contributed by atoms with Crippen molar-refractivity contribution in [2.75, 3.05) is 49.2 Å². The summed E-state index contributed by atoms with van der Waals surface area (Å²) in [5, 5.41) is 3.07. The molecule has 2 aliphatic heterocycles. The zero-order chi connectivity index (χ0) is 17.8. The van der Waals surface area contributed by atoms with E-state index in [-0.39, 0.29) is 11.9 Å². The van der Waals surface area contributed by atoms with Crippen molar-refractivity contribution in [2.45, 2.75) is 19.4 Å². The number of halogens is 1. The molecule has 1 aromatic rings. The predicted molar refractivity (Wildman–Crippen MR) is 97.9 cm³/mol. The SMILES string of the molecule is CCC(=S)NCC1CN(c2ccc(N3CCOCC3)c(F)c2)C(=O)O1. The van der Waals surface area contributed by atoms with Crippen LogP contribution in [0.3, 0.4) is 0 Å². The quantitative estimate of drug-likeness (QED) is 0.806. The van der Waals surface area contributed by atoms with Gasteiger partial charge in [0.1, 0.15) is 11.9 Å². The van der Waals surface area contributed by atoms with Gasteiger partial charge in [0.05, 0.1) is 42.7 Å². The molecule has 0 spiro atoms. The van der Waals surface area contributed by atoms with Crippen molar-refractivity contribution in [3.05, 3.63) is 24.0 Å². The molecule has 2 heterocycles. The Morgan fingerprint density at radius 2 is 2.16 bits per heavy atom. The van der Waals surface area contributed by atoms with E-state index in [4.69, 9.17) is 21.7 Å². The molecule has 1 amide bonds. The number of ether oxygens (including phenoxy) is 2. The van der Waals surface area contributed by atoms with Crippen molar-refractivity contribution in [1.29, 1.82) is 0 Å². The van der Waals surface area contributed by atoms with Crippen LogP contribution in [-0.2, 0) is 9.47 Å². The molecule has 1 aromatic carbocycles. The fourth-order valence-corrected chi connectivity index (χ4v) is 3.00. The number of carbonyl (C=O) groups is 1. The van der Waals surface area contributed by atoms with Crippen molar-refractivity contribution in [1.82, 2.24) is 5.32 Å². The molecule has 8 heteroatoms. The zero-order valence-electron chi connectivity index (χ0n) is 14.2. The van der Waals surface area contributed by atoms with E-state index in [0.717, 1.165) is 11.4 Å². The second-order valence-corrected chi connectivity index (χ2v) is 6.50. The van der Waals surface area contributed by atoms with E-state index in [1.807, 2.05) is 11.8 Å². The van der Waals surface area contributed by atoms with E-state index in [1.54, 1.807) is 12.1 Å². The number of cyclic esters (lactones) is 1. The summed E-state index contributed by atoms with van der Waals surface area (Å²) in [7, 11) is 0. The van der Waals surface area contributed by atoms with E-state index < -0.39 is 6.09 Å². The van der Waals surface area contributed by atoms with E-state index in [0.29, 0.717) is 50.8 Å². The monoisotopic (exact) mass is 367 g/mol. The van der Waals surface area contributed by atoms with Crippen LogP contribution in [0.2, 0.25) is 0 Å². The first-order valence-electron chi connectivity index (χ1n) is 8.45. The van der Waals surface area contributed by atoms with Gasteiger partial charge in [0.2, 0.25) is 0 Å². The topological polar surface area (TPSA) is 54.0 Å². The lowest BCUT2D eigenvalue weighted by Crippen LogP contribution is -2.36. The molecular formula is C17H22FN3O3S. The highest BCUT2D eigenvalue weighted by Gasteiger charge is 2.32. The number of benzene rings is 1. The van der Waals surface area contributed by atoms with Crippen LogP contribution in [-0.4, -0.2) is 56.6 Å². The Balaban J connectivity index is 1.66. The third kappa shape index (κ3) is 4.19. The molecule has 0 saturated carbocycles. The van der Waals surface area contributed by atoms with Gasteiger partial charge in [-0.15, -0.1) is 0 Å². The number of nitrogens with zero attached hydrogens (tertiary/aromatic N) is 2. The van der Waals surface area contributed by atoms with Crippen LogP contribution in [0.15, 0.2) is 18.2 Å². The number of hydrogen-bond donors (Lipinski definition) is 1. The van der Waals surface area contributed by atoms with Gasteiger partial charge in [-0.3, -0.25) is 4.90 Å². The van der Waals surface area contributed by atoms with Crippen LogP contribution in [0.5, 0.6) is 0 Å². The second kappa shape index (κ2) is 7.97. The van der Waals surface area contributed by atoms with Crippen molar-refractivity contribution in [2.24, 2.45) is 0 Å². The number of morpholine rings is 1. The maximum atomic E-state index is 14.5. The standard InChI is InChI=1S/C17H22FN3O3S/c1-2-16(25)19-10-13-11-21(17(22)24-13)12-3-4-15(14(18)9-12)20-5-7-23-8-6-20/h3-4,9,13H,2,5-8,10-11H2,1H3,(H,19,25). The minimum Gasteiger partial charge on any atom is -0.442 e. The average Bonchev–Trinajstić information content (AvgIpc) is 3.01. The van der Waals surface area contributed by atoms with E-state index in [2.05, 4.69) is 5.32 Å². The molecule has 0 radical (unpaired) electrons. The number of rotatable bonds is 5. The zero-order valence-corrected chi connectivity index (χ0v) is 15.0. The van der Waals surface area contributed by atoms with Crippen molar-refractivity contribution >= 4 is 34.7 Å². The Labute approximate surface area is 151 Å². The van der Waals surface area contributed by atoms with Gasteiger partial charge in [-0.25, -0.2) is 9.18 Å². The van der Waals surface area contributed by atoms with Crippen LogP contribution >= 0.6 is 12.2 Å². The summed E-state index contributed by atoms with van der Waals surface area (Å²) in [4.78, 5) is 16.2. The molecule has 0 aromatic heterocycles. The lowest BCUT2D eigenvalue weighted by Gasteiger charge is -2.29. The highest BCUT2D eigenvalue weighted by Crippen LogP contribution is 2.28. The molecule has 3 rings (SSSR count). The van der Waals surface area contributed by atoms with Gasteiger partial charge in [-0.05, 0) is 24.6 Å². The van der Waals surface area contributed by atoms with Crippen molar-refractivity contribution in [3.8, 4) is 0 Å². The Morgan fingerprint density at radius 1 is 1.40 bits per heavy atom. The summed E-state index contributed by atoms with van der Waals surface area (Å²) in [6.45, 7) is 5.29. The van der Waals surface area contributed by atoms with Crippen LogP contribution in [0.1, 0.15) is 13.3 Å². The lowest BCUT2D eigenvalue weighted by molar-refractivity contribution is 0.122. The first-order chi connectivity index (χ1) is 12.1. The molecule has 25 heavy (non-hydrogen) atoms. The molecule has 136 valence electrons. The molecule has 0 bridgehead atoms. The third-order valence-electron chi connectivity index (χ3n) is 4.32. The maximum absolute atomic E-state index is 14.5. The summed E-state index contributed by atoms with van der Waals surface area (Å²) in [6, 6.07) is 4.85. The third-order valence-corrected chi connectivity index (χ3v) is 4.75. The number of thiocarbonyl (C=S) groups is 1. The van der Waals surface area contributed by atoms with E-state index in [1.165, 1.54) is 11.0 Å². The Bertz CT molecular complexity index is 652. The minimum atomic E-state index is -0.465. The number of nitrogens with one attached hydrogen (secondary N) is 1. The molecule has 6 nitrogen and oxygen atoms in total. The van der Waals surface area contributed by atoms with Gasteiger partial charge < -0.3 is 19.7 Å². The Kier molecular flexibility index (Phi) is 5.70. The first-order valence-corrected chi connectivity index (χ1v) is 8.86. The predicted octanol–water partition coefficient (Wildman–Crippen LogP) is 2.31. The van der Waals surface area contributed by atoms with E-state index >= 15 is 0 Å². The average molecular weight is 367 g/mol. The Morgan fingerprint density at radius 3 is 2.84 bits per heavy atom.